The van der Waals surface area contributed by atoms with Crippen molar-refractivity contribution >= 4 is 29.1 Å². The highest BCUT2D eigenvalue weighted by Gasteiger charge is 2.09. The minimum atomic E-state index is -0.135. The number of nitrogens with one attached hydrogen (secondary N) is 1. The van der Waals surface area contributed by atoms with E-state index in [9.17, 15) is 9.59 Å². The van der Waals surface area contributed by atoms with E-state index >= 15 is 0 Å². The predicted octanol–water partition coefficient (Wildman–Crippen LogP) is 4.42. The van der Waals surface area contributed by atoms with Crippen LogP contribution in [0.4, 0.5) is 5.69 Å². The van der Waals surface area contributed by atoms with Crippen molar-refractivity contribution in [2.24, 2.45) is 0 Å². The van der Waals surface area contributed by atoms with Gasteiger partial charge in [0.2, 0.25) is 11.8 Å². The van der Waals surface area contributed by atoms with Crippen molar-refractivity contribution in [3.8, 4) is 17.2 Å². The fourth-order valence-corrected chi connectivity index (χ4v) is 3.20. The lowest BCUT2D eigenvalue weighted by Crippen LogP contribution is -2.14. The monoisotopic (exact) mass is 396 g/mol. The van der Waals surface area contributed by atoms with Gasteiger partial charge in [-0.25, -0.2) is 4.98 Å². The topological polar surface area (TPSA) is 81.4 Å². The minimum absolute atomic E-state index is 0.0378. The first-order valence-electron chi connectivity index (χ1n) is 8.62. The van der Waals surface area contributed by atoms with Crippen LogP contribution in [-0.4, -0.2) is 29.5 Å². The van der Waals surface area contributed by atoms with Crippen LogP contribution < -0.4 is 10.1 Å². The van der Waals surface area contributed by atoms with E-state index < -0.39 is 0 Å². The Bertz CT molecular complexity index is 967. The molecule has 1 amide bonds. The maximum Gasteiger partial charge on any atom is 0.234 e. The molecule has 0 atom stereocenters. The van der Waals surface area contributed by atoms with Gasteiger partial charge in [0.15, 0.2) is 5.78 Å². The van der Waals surface area contributed by atoms with Gasteiger partial charge in [-0.1, -0.05) is 12.1 Å². The SMILES string of the molecule is COc1ccc(-c2nc(CSCC(=O)Nc3cccc(C(C)=O)c3)co2)cc1. The number of aromatic nitrogens is 1. The van der Waals surface area contributed by atoms with Crippen molar-refractivity contribution in [2.45, 2.75) is 12.7 Å². The summed E-state index contributed by atoms with van der Waals surface area (Å²) in [6.45, 7) is 1.49. The molecule has 0 unspecified atom stereocenters. The maximum absolute atomic E-state index is 12.1. The standard InChI is InChI=1S/C21H20N2O4S/c1-14(24)16-4-3-5-17(10-16)22-20(25)13-28-12-18-11-27-21(23-18)15-6-8-19(26-2)9-7-15/h3-11H,12-13H2,1-2H3,(H,22,25). The second-order valence-electron chi connectivity index (χ2n) is 6.05. The number of anilines is 1. The summed E-state index contributed by atoms with van der Waals surface area (Å²) < 4.78 is 10.7. The lowest BCUT2D eigenvalue weighted by molar-refractivity contribution is -0.113. The average molecular weight is 396 g/mol. The molecule has 3 rings (SSSR count). The molecule has 0 radical (unpaired) electrons. The van der Waals surface area contributed by atoms with Gasteiger partial charge in [0.25, 0.3) is 0 Å². The Morgan fingerprint density at radius 1 is 1.18 bits per heavy atom. The minimum Gasteiger partial charge on any atom is -0.497 e. The summed E-state index contributed by atoms with van der Waals surface area (Å²) in [6.07, 6.45) is 1.60. The Morgan fingerprint density at radius 2 is 1.96 bits per heavy atom. The first kappa shape index (κ1) is 19.7. The van der Waals surface area contributed by atoms with E-state index in [1.54, 1.807) is 37.6 Å². The summed E-state index contributed by atoms with van der Waals surface area (Å²) in [4.78, 5) is 28.0. The highest BCUT2D eigenvalue weighted by atomic mass is 32.2. The van der Waals surface area contributed by atoms with E-state index in [0.29, 0.717) is 22.9 Å². The number of methoxy groups -OCH3 is 1. The van der Waals surface area contributed by atoms with Gasteiger partial charge in [-0.3, -0.25) is 9.59 Å². The third-order valence-electron chi connectivity index (χ3n) is 3.92. The van der Waals surface area contributed by atoms with E-state index in [1.165, 1.54) is 18.7 Å². The third-order valence-corrected chi connectivity index (χ3v) is 4.89. The summed E-state index contributed by atoms with van der Waals surface area (Å²) in [7, 11) is 1.62. The zero-order valence-corrected chi connectivity index (χ0v) is 16.4. The van der Waals surface area contributed by atoms with Gasteiger partial charge in [0.05, 0.1) is 18.6 Å². The lowest BCUT2D eigenvalue weighted by Gasteiger charge is -2.05. The Balaban J connectivity index is 1.49. The van der Waals surface area contributed by atoms with E-state index in [1.807, 2.05) is 24.3 Å². The molecule has 3 aromatic rings. The molecule has 0 aliphatic rings. The molecule has 28 heavy (non-hydrogen) atoms. The molecule has 0 fully saturated rings. The van der Waals surface area contributed by atoms with Gasteiger partial charge in [0.1, 0.15) is 12.0 Å². The summed E-state index contributed by atoms with van der Waals surface area (Å²) in [5.74, 6) is 1.96. The molecule has 0 aliphatic heterocycles. The van der Waals surface area contributed by atoms with E-state index in [0.717, 1.165) is 17.0 Å². The number of hydrogen-bond acceptors (Lipinski definition) is 6. The van der Waals surface area contributed by atoms with Crippen LogP contribution in [0, 0.1) is 0 Å². The predicted molar refractivity (Wildman–Crippen MR) is 110 cm³/mol. The van der Waals surface area contributed by atoms with Crippen molar-refractivity contribution < 1.29 is 18.7 Å². The third kappa shape index (κ3) is 5.23. The fourth-order valence-electron chi connectivity index (χ4n) is 2.50. The molecule has 2 aromatic carbocycles. The quantitative estimate of drug-likeness (QED) is 0.568. The summed E-state index contributed by atoms with van der Waals surface area (Å²) in [6, 6.07) is 14.3. The molecule has 7 heteroatoms. The van der Waals surface area contributed by atoms with Crippen molar-refractivity contribution in [2.75, 3.05) is 18.2 Å². The molecule has 0 aliphatic carbocycles. The summed E-state index contributed by atoms with van der Waals surface area (Å²) in [5.41, 5.74) is 2.81. The van der Waals surface area contributed by atoms with Crippen molar-refractivity contribution in [1.82, 2.24) is 4.98 Å². The average Bonchev–Trinajstić information content (AvgIpc) is 3.17. The molecule has 0 saturated heterocycles. The van der Waals surface area contributed by atoms with E-state index in [2.05, 4.69) is 10.3 Å². The Kier molecular flexibility index (Phi) is 6.49. The van der Waals surface area contributed by atoms with Crippen molar-refractivity contribution in [1.29, 1.82) is 0 Å². The van der Waals surface area contributed by atoms with Crippen LogP contribution in [0.5, 0.6) is 5.75 Å². The zero-order valence-electron chi connectivity index (χ0n) is 15.6. The van der Waals surface area contributed by atoms with Gasteiger partial charge >= 0.3 is 0 Å². The summed E-state index contributed by atoms with van der Waals surface area (Å²) in [5, 5.41) is 2.80. The van der Waals surface area contributed by atoms with Gasteiger partial charge in [-0.15, -0.1) is 11.8 Å². The first-order valence-corrected chi connectivity index (χ1v) is 9.78. The molecule has 144 valence electrons. The highest BCUT2D eigenvalue weighted by molar-refractivity contribution is 7.99. The van der Waals surface area contributed by atoms with Crippen LogP contribution >= 0.6 is 11.8 Å². The lowest BCUT2D eigenvalue weighted by atomic mass is 10.1. The Hall–Kier alpha value is -3.06. The molecule has 1 aromatic heterocycles. The van der Waals surface area contributed by atoms with Gasteiger partial charge in [0, 0.05) is 22.6 Å². The highest BCUT2D eigenvalue weighted by Crippen LogP contribution is 2.23. The second kappa shape index (κ2) is 9.23. The maximum atomic E-state index is 12.1. The second-order valence-corrected chi connectivity index (χ2v) is 7.04. The fraction of sp³-hybridized carbons (Fsp3) is 0.190. The van der Waals surface area contributed by atoms with Crippen LogP contribution in [0.3, 0.4) is 0 Å². The van der Waals surface area contributed by atoms with Crippen molar-refractivity contribution in [3.63, 3.8) is 0 Å². The number of oxazole rings is 1. The number of carbonyl (C=O) groups excluding carboxylic acids is 2. The Morgan fingerprint density at radius 3 is 2.68 bits per heavy atom. The first-order chi connectivity index (χ1) is 13.5. The molecule has 0 spiro atoms. The number of thioether (sulfide) groups is 1. The van der Waals surface area contributed by atoms with Crippen molar-refractivity contribution in [3.05, 3.63) is 66.1 Å². The van der Waals surface area contributed by atoms with Crippen LogP contribution in [0.15, 0.2) is 59.2 Å². The van der Waals surface area contributed by atoms with Crippen LogP contribution in [-0.2, 0) is 10.5 Å². The molecule has 0 saturated carbocycles. The number of rotatable bonds is 8. The van der Waals surface area contributed by atoms with E-state index in [4.69, 9.17) is 9.15 Å². The molecular formula is C21H20N2O4S. The number of benzene rings is 2. The molecule has 6 nitrogen and oxygen atoms in total. The molecule has 1 N–H and O–H groups in total. The number of hydrogen-bond donors (Lipinski definition) is 1. The number of carbonyl (C=O) groups is 2. The number of nitrogens with zero attached hydrogens (tertiary/aromatic N) is 1. The Labute approximate surface area is 167 Å². The normalized spacial score (nSPS) is 10.5. The largest absolute Gasteiger partial charge is 0.497 e. The van der Waals surface area contributed by atoms with Crippen LogP contribution in [0.1, 0.15) is 23.0 Å². The van der Waals surface area contributed by atoms with Crippen LogP contribution in [0.25, 0.3) is 11.5 Å². The number of amides is 1. The van der Waals surface area contributed by atoms with Gasteiger partial charge < -0.3 is 14.5 Å². The van der Waals surface area contributed by atoms with E-state index in [-0.39, 0.29) is 17.4 Å². The van der Waals surface area contributed by atoms with Gasteiger partial charge in [-0.05, 0) is 43.3 Å². The molecular weight excluding hydrogens is 376 g/mol. The smallest absolute Gasteiger partial charge is 0.234 e. The summed E-state index contributed by atoms with van der Waals surface area (Å²) >= 11 is 1.44. The molecule has 0 bridgehead atoms. The van der Waals surface area contributed by atoms with Crippen LogP contribution in [0.2, 0.25) is 0 Å². The zero-order chi connectivity index (χ0) is 19.9. The number of Topliss-reactive ketones (excluding diaryl/α,β-unsaturated/α-hetero) is 1. The molecule has 1 heterocycles. The number of ketones is 1. The number of ether oxygens (including phenoxy) is 1. The van der Waals surface area contributed by atoms with Gasteiger partial charge in [-0.2, -0.15) is 0 Å².